The number of aromatic nitrogens is 1. The van der Waals surface area contributed by atoms with Crippen molar-refractivity contribution >= 4 is 23.2 Å². The predicted molar refractivity (Wildman–Crippen MR) is 91.9 cm³/mol. The van der Waals surface area contributed by atoms with Gasteiger partial charge in [0.2, 0.25) is 0 Å². The summed E-state index contributed by atoms with van der Waals surface area (Å²) in [6.45, 7) is 5.64. The molecule has 0 spiro atoms. The third-order valence-electron chi connectivity index (χ3n) is 3.40. The molecule has 2 aromatic rings. The van der Waals surface area contributed by atoms with Crippen LogP contribution in [0.2, 0.25) is 0 Å². The second kappa shape index (κ2) is 7.92. The molecule has 1 aromatic carbocycles. The van der Waals surface area contributed by atoms with E-state index in [0.717, 1.165) is 21.8 Å². The highest BCUT2D eigenvalue weighted by Gasteiger charge is 2.12. The molecule has 24 heavy (non-hydrogen) atoms. The highest BCUT2D eigenvalue weighted by atomic mass is 32.1. The Bertz CT molecular complexity index is 732. The second-order valence-electron chi connectivity index (χ2n) is 5.49. The minimum absolute atomic E-state index is 0.169. The lowest BCUT2D eigenvalue weighted by atomic mass is 10.0. The largest absolute Gasteiger partial charge is 0.481 e. The Kier molecular flexibility index (Phi) is 5.92. The van der Waals surface area contributed by atoms with E-state index in [4.69, 9.17) is 9.84 Å². The number of aliphatic carboxylic acids is 1. The summed E-state index contributed by atoms with van der Waals surface area (Å²) in [5.74, 6) is -0.697. The lowest BCUT2D eigenvalue weighted by Gasteiger charge is -2.13. The molecule has 1 amide bonds. The quantitative estimate of drug-likeness (QED) is 0.802. The van der Waals surface area contributed by atoms with Gasteiger partial charge in [-0.15, -0.1) is 11.3 Å². The number of amides is 1. The average Bonchev–Trinajstić information content (AvgIpc) is 2.91. The number of carboxylic acids is 1. The number of carbonyl (C=O) groups is 2. The molecule has 0 aliphatic heterocycles. The molecule has 2 rings (SSSR count). The van der Waals surface area contributed by atoms with E-state index in [-0.39, 0.29) is 5.91 Å². The van der Waals surface area contributed by atoms with Crippen LogP contribution in [-0.4, -0.2) is 35.1 Å². The van der Waals surface area contributed by atoms with Crippen LogP contribution in [0.4, 0.5) is 0 Å². The summed E-state index contributed by atoms with van der Waals surface area (Å²) in [5.41, 5.74) is 2.97. The van der Waals surface area contributed by atoms with Gasteiger partial charge in [-0.25, -0.2) is 9.78 Å². The van der Waals surface area contributed by atoms with Gasteiger partial charge in [0.05, 0.1) is 10.7 Å². The lowest BCUT2D eigenvalue weighted by molar-refractivity contribution is -0.139. The van der Waals surface area contributed by atoms with E-state index in [2.05, 4.69) is 10.3 Å². The van der Waals surface area contributed by atoms with Gasteiger partial charge < -0.3 is 15.2 Å². The molecule has 6 nitrogen and oxygen atoms in total. The smallest absolute Gasteiger partial charge is 0.341 e. The van der Waals surface area contributed by atoms with Gasteiger partial charge >= 0.3 is 5.97 Å². The first kappa shape index (κ1) is 17.9. The maximum absolute atomic E-state index is 12.3. The number of nitrogens with zero attached hydrogens (tertiary/aromatic N) is 1. The van der Waals surface area contributed by atoms with Crippen molar-refractivity contribution in [1.29, 1.82) is 0 Å². The van der Waals surface area contributed by atoms with Crippen molar-refractivity contribution in [3.05, 3.63) is 44.9 Å². The molecule has 0 radical (unpaired) electrons. The van der Waals surface area contributed by atoms with Crippen molar-refractivity contribution in [2.24, 2.45) is 0 Å². The SMILES string of the molecule is Cc1nc(CCNC(=O)c2cc(C)c(OCC(=O)O)c(C)c2)cs1. The van der Waals surface area contributed by atoms with E-state index in [1.807, 2.05) is 12.3 Å². The molecule has 0 saturated heterocycles. The van der Waals surface area contributed by atoms with Gasteiger partial charge in [0.15, 0.2) is 6.61 Å². The molecule has 2 N–H and O–H groups in total. The molecular formula is C17H20N2O4S. The summed E-state index contributed by atoms with van der Waals surface area (Å²) in [4.78, 5) is 27.2. The zero-order valence-corrected chi connectivity index (χ0v) is 14.7. The van der Waals surface area contributed by atoms with Gasteiger partial charge in [0.1, 0.15) is 5.75 Å². The van der Waals surface area contributed by atoms with Crippen LogP contribution < -0.4 is 10.1 Å². The predicted octanol–water partition coefficient (Wildman–Crippen LogP) is 2.50. The number of benzene rings is 1. The van der Waals surface area contributed by atoms with Crippen LogP contribution in [0.15, 0.2) is 17.5 Å². The molecule has 0 atom stereocenters. The molecule has 0 aliphatic carbocycles. The van der Waals surface area contributed by atoms with Crippen LogP contribution in [0.25, 0.3) is 0 Å². The van der Waals surface area contributed by atoms with Gasteiger partial charge in [-0.2, -0.15) is 0 Å². The number of carbonyl (C=O) groups excluding carboxylic acids is 1. The summed E-state index contributed by atoms with van der Waals surface area (Å²) in [6, 6.07) is 3.40. The van der Waals surface area contributed by atoms with Gasteiger partial charge in [-0.05, 0) is 44.0 Å². The molecule has 1 aromatic heterocycles. The topological polar surface area (TPSA) is 88.5 Å². The molecule has 0 saturated carbocycles. The Morgan fingerprint density at radius 3 is 2.46 bits per heavy atom. The Balaban J connectivity index is 1.97. The number of thiazole rings is 1. The fraction of sp³-hybridized carbons (Fsp3) is 0.353. The molecule has 0 fully saturated rings. The molecule has 0 bridgehead atoms. The maximum atomic E-state index is 12.3. The zero-order valence-electron chi connectivity index (χ0n) is 13.9. The molecular weight excluding hydrogens is 328 g/mol. The molecule has 0 aliphatic rings. The van der Waals surface area contributed by atoms with Crippen molar-refractivity contribution in [2.75, 3.05) is 13.2 Å². The van der Waals surface area contributed by atoms with E-state index in [9.17, 15) is 9.59 Å². The zero-order chi connectivity index (χ0) is 17.7. The summed E-state index contributed by atoms with van der Waals surface area (Å²) in [7, 11) is 0. The van der Waals surface area contributed by atoms with Crippen LogP contribution in [0.5, 0.6) is 5.75 Å². The fourth-order valence-corrected chi connectivity index (χ4v) is 3.02. The van der Waals surface area contributed by atoms with Crippen LogP contribution in [0.1, 0.15) is 32.2 Å². The summed E-state index contributed by atoms with van der Waals surface area (Å²) in [5, 5.41) is 14.6. The molecule has 128 valence electrons. The molecule has 1 heterocycles. The number of rotatable bonds is 7. The number of carboxylic acid groups (broad SMARTS) is 1. The van der Waals surface area contributed by atoms with Gasteiger partial charge in [0, 0.05) is 23.9 Å². The Morgan fingerprint density at radius 1 is 1.25 bits per heavy atom. The Hall–Kier alpha value is -2.41. The minimum atomic E-state index is -1.03. The van der Waals surface area contributed by atoms with Gasteiger partial charge in [-0.1, -0.05) is 0 Å². The average molecular weight is 348 g/mol. The van der Waals surface area contributed by atoms with Crippen molar-refractivity contribution < 1.29 is 19.4 Å². The van der Waals surface area contributed by atoms with E-state index in [0.29, 0.717) is 24.3 Å². The standard InChI is InChI=1S/C17H20N2O4S/c1-10-6-13(7-11(2)16(10)23-8-15(20)21)17(22)18-5-4-14-9-24-12(3)19-14/h6-7,9H,4-5,8H2,1-3H3,(H,18,22)(H,20,21). The number of aryl methyl sites for hydroxylation is 3. The Labute approximate surface area is 144 Å². The number of ether oxygens (including phenoxy) is 1. The van der Waals surface area contributed by atoms with Crippen molar-refractivity contribution in [3.8, 4) is 5.75 Å². The van der Waals surface area contributed by atoms with Crippen LogP contribution in [-0.2, 0) is 11.2 Å². The van der Waals surface area contributed by atoms with E-state index < -0.39 is 12.6 Å². The summed E-state index contributed by atoms with van der Waals surface area (Å²) >= 11 is 1.59. The first-order chi connectivity index (χ1) is 11.4. The molecule has 7 heteroatoms. The highest BCUT2D eigenvalue weighted by molar-refractivity contribution is 7.09. The van der Waals surface area contributed by atoms with E-state index >= 15 is 0 Å². The normalized spacial score (nSPS) is 10.5. The van der Waals surface area contributed by atoms with Crippen LogP contribution >= 0.6 is 11.3 Å². The first-order valence-electron chi connectivity index (χ1n) is 7.52. The minimum Gasteiger partial charge on any atom is -0.481 e. The van der Waals surface area contributed by atoms with Crippen molar-refractivity contribution in [3.63, 3.8) is 0 Å². The first-order valence-corrected chi connectivity index (χ1v) is 8.40. The fourth-order valence-electron chi connectivity index (χ4n) is 2.37. The van der Waals surface area contributed by atoms with E-state index in [1.54, 1.807) is 37.3 Å². The van der Waals surface area contributed by atoms with Crippen molar-refractivity contribution in [1.82, 2.24) is 10.3 Å². The van der Waals surface area contributed by atoms with Crippen LogP contribution in [0.3, 0.4) is 0 Å². The van der Waals surface area contributed by atoms with E-state index in [1.165, 1.54) is 0 Å². The molecule has 0 unspecified atom stereocenters. The number of nitrogens with one attached hydrogen (secondary N) is 1. The number of hydrogen-bond donors (Lipinski definition) is 2. The Morgan fingerprint density at radius 2 is 1.92 bits per heavy atom. The van der Waals surface area contributed by atoms with Gasteiger partial charge in [-0.3, -0.25) is 4.79 Å². The number of hydrogen-bond acceptors (Lipinski definition) is 5. The van der Waals surface area contributed by atoms with Gasteiger partial charge in [0.25, 0.3) is 5.91 Å². The monoisotopic (exact) mass is 348 g/mol. The maximum Gasteiger partial charge on any atom is 0.341 e. The second-order valence-corrected chi connectivity index (χ2v) is 6.55. The van der Waals surface area contributed by atoms with Crippen molar-refractivity contribution in [2.45, 2.75) is 27.2 Å². The third-order valence-corrected chi connectivity index (χ3v) is 4.22. The lowest BCUT2D eigenvalue weighted by Crippen LogP contribution is -2.26. The summed E-state index contributed by atoms with van der Waals surface area (Å²) < 4.78 is 5.27. The highest BCUT2D eigenvalue weighted by Crippen LogP contribution is 2.24. The third kappa shape index (κ3) is 4.79. The van der Waals surface area contributed by atoms with Crippen LogP contribution in [0, 0.1) is 20.8 Å². The summed E-state index contributed by atoms with van der Waals surface area (Å²) in [6.07, 6.45) is 0.688.